The predicted molar refractivity (Wildman–Crippen MR) is 96.5 cm³/mol. The molecule has 26 heavy (non-hydrogen) atoms. The van der Waals surface area contributed by atoms with Crippen molar-refractivity contribution < 1.29 is 23.8 Å². The average molecular weight is 355 g/mol. The van der Waals surface area contributed by atoms with E-state index in [-0.39, 0.29) is 6.61 Å². The standard InChI is InChI=1S/C20H21NO5/c1-12-7-6-8-13(2)18(12)21-19(22)14(3)25-20(23)17-11-24-15-9-4-5-10-16(15)26-17/h4-10,14,17H,11H2,1-3H3,(H,21,22)/t14-,17+/m0/s1. The van der Waals surface area contributed by atoms with Crippen molar-refractivity contribution in [1.29, 1.82) is 0 Å². The number of hydrogen-bond acceptors (Lipinski definition) is 5. The highest BCUT2D eigenvalue weighted by molar-refractivity contribution is 5.96. The van der Waals surface area contributed by atoms with Gasteiger partial charge in [-0.05, 0) is 44.0 Å². The predicted octanol–water partition coefficient (Wildman–Crippen LogP) is 3.01. The average Bonchev–Trinajstić information content (AvgIpc) is 2.64. The lowest BCUT2D eigenvalue weighted by atomic mass is 10.1. The maximum Gasteiger partial charge on any atom is 0.351 e. The van der Waals surface area contributed by atoms with Crippen molar-refractivity contribution in [1.82, 2.24) is 0 Å². The number of carbonyl (C=O) groups is 2. The highest BCUT2D eigenvalue weighted by Gasteiger charge is 2.31. The van der Waals surface area contributed by atoms with Crippen LogP contribution in [0.3, 0.4) is 0 Å². The molecular weight excluding hydrogens is 334 g/mol. The van der Waals surface area contributed by atoms with E-state index in [2.05, 4.69) is 5.32 Å². The van der Waals surface area contributed by atoms with Gasteiger partial charge in [-0.15, -0.1) is 0 Å². The number of nitrogens with one attached hydrogen (secondary N) is 1. The zero-order valence-corrected chi connectivity index (χ0v) is 14.9. The fourth-order valence-electron chi connectivity index (χ4n) is 2.68. The summed E-state index contributed by atoms with van der Waals surface area (Å²) in [6, 6.07) is 12.8. The molecule has 2 aromatic rings. The molecule has 0 bridgehead atoms. The van der Waals surface area contributed by atoms with E-state index in [1.165, 1.54) is 6.92 Å². The third-order valence-corrected chi connectivity index (χ3v) is 4.16. The van der Waals surface area contributed by atoms with Gasteiger partial charge in [0.25, 0.3) is 5.91 Å². The van der Waals surface area contributed by atoms with Crippen molar-refractivity contribution in [2.45, 2.75) is 33.0 Å². The summed E-state index contributed by atoms with van der Waals surface area (Å²) in [5.41, 5.74) is 2.61. The smallest absolute Gasteiger partial charge is 0.351 e. The molecule has 2 atom stereocenters. The first-order valence-electron chi connectivity index (χ1n) is 8.42. The molecule has 136 valence electrons. The Labute approximate surface area is 152 Å². The van der Waals surface area contributed by atoms with Crippen molar-refractivity contribution in [3.05, 3.63) is 53.6 Å². The van der Waals surface area contributed by atoms with Gasteiger partial charge in [0.05, 0.1) is 0 Å². The fraction of sp³-hybridized carbons (Fsp3) is 0.300. The van der Waals surface area contributed by atoms with E-state index in [0.29, 0.717) is 11.5 Å². The van der Waals surface area contributed by atoms with Crippen LogP contribution in [0.4, 0.5) is 5.69 Å². The van der Waals surface area contributed by atoms with Crippen molar-refractivity contribution in [2.75, 3.05) is 11.9 Å². The van der Waals surface area contributed by atoms with E-state index >= 15 is 0 Å². The molecule has 0 unspecified atom stereocenters. The van der Waals surface area contributed by atoms with Crippen molar-refractivity contribution in [3.63, 3.8) is 0 Å². The van der Waals surface area contributed by atoms with Crippen LogP contribution in [0, 0.1) is 13.8 Å². The number of ether oxygens (including phenoxy) is 3. The molecule has 0 radical (unpaired) electrons. The first-order valence-corrected chi connectivity index (χ1v) is 8.42. The van der Waals surface area contributed by atoms with E-state index in [9.17, 15) is 9.59 Å². The lowest BCUT2D eigenvalue weighted by molar-refractivity contribution is -0.162. The van der Waals surface area contributed by atoms with E-state index in [1.54, 1.807) is 18.2 Å². The minimum Gasteiger partial charge on any atom is -0.485 e. The number of esters is 1. The molecule has 1 amide bonds. The van der Waals surface area contributed by atoms with Crippen molar-refractivity contribution in [3.8, 4) is 11.5 Å². The molecule has 1 aliphatic heterocycles. The van der Waals surface area contributed by atoms with Crippen LogP contribution in [0.15, 0.2) is 42.5 Å². The third kappa shape index (κ3) is 3.79. The summed E-state index contributed by atoms with van der Waals surface area (Å²) >= 11 is 0. The van der Waals surface area contributed by atoms with Crippen LogP contribution < -0.4 is 14.8 Å². The third-order valence-electron chi connectivity index (χ3n) is 4.16. The van der Waals surface area contributed by atoms with Crippen LogP contribution in [0.1, 0.15) is 18.1 Å². The maximum absolute atomic E-state index is 12.4. The molecule has 3 rings (SSSR count). The van der Waals surface area contributed by atoms with Crippen LogP contribution in [0.2, 0.25) is 0 Å². The van der Waals surface area contributed by atoms with Crippen LogP contribution in [-0.2, 0) is 14.3 Å². The number of para-hydroxylation sites is 3. The zero-order valence-electron chi connectivity index (χ0n) is 14.9. The van der Waals surface area contributed by atoms with Gasteiger partial charge < -0.3 is 19.5 Å². The maximum atomic E-state index is 12.4. The van der Waals surface area contributed by atoms with Gasteiger partial charge in [-0.2, -0.15) is 0 Å². The Morgan fingerprint density at radius 2 is 1.73 bits per heavy atom. The topological polar surface area (TPSA) is 73.9 Å². The summed E-state index contributed by atoms with van der Waals surface area (Å²) in [4.78, 5) is 24.7. The molecule has 0 saturated carbocycles. The zero-order chi connectivity index (χ0) is 18.7. The number of aryl methyl sites for hydroxylation is 2. The van der Waals surface area contributed by atoms with Gasteiger partial charge in [0, 0.05) is 5.69 Å². The molecular formula is C20H21NO5. The Hall–Kier alpha value is -3.02. The summed E-state index contributed by atoms with van der Waals surface area (Å²) < 4.78 is 16.4. The van der Waals surface area contributed by atoms with Crippen molar-refractivity contribution >= 4 is 17.6 Å². The number of fused-ring (bicyclic) bond motifs is 1. The molecule has 6 heteroatoms. The molecule has 1 heterocycles. The molecule has 1 aliphatic rings. The van der Waals surface area contributed by atoms with Gasteiger partial charge in [0.1, 0.15) is 6.61 Å². The van der Waals surface area contributed by atoms with E-state index < -0.39 is 24.1 Å². The molecule has 0 aliphatic carbocycles. The van der Waals surface area contributed by atoms with Gasteiger partial charge in [-0.25, -0.2) is 4.79 Å². The summed E-state index contributed by atoms with van der Waals surface area (Å²) in [6.07, 6.45) is -1.86. The lowest BCUT2D eigenvalue weighted by Crippen LogP contribution is -2.41. The highest BCUT2D eigenvalue weighted by atomic mass is 16.6. The molecule has 0 saturated heterocycles. The SMILES string of the molecule is Cc1cccc(C)c1NC(=O)[C@H](C)OC(=O)[C@H]1COc2ccccc2O1. The highest BCUT2D eigenvalue weighted by Crippen LogP contribution is 2.31. The number of amides is 1. The Morgan fingerprint density at radius 3 is 2.42 bits per heavy atom. The van der Waals surface area contributed by atoms with Gasteiger partial charge in [-0.1, -0.05) is 30.3 Å². The normalized spacial score (nSPS) is 16.5. The van der Waals surface area contributed by atoms with Crippen LogP contribution in [0.25, 0.3) is 0 Å². The van der Waals surface area contributed by atoms with Gasteiger partial charge in [0.15, 0.2) is 17.6 Å². The first-order chi connectivity index (χ1) is 12.5. The number of benzene rings is 2. The summed E-state index contributed by atoms with van der Waals surface area (Å²) in [6.45, 7) is 5.38. The minimum atomic E-state index is -0.956. The minimum absolute atomic E-state index is 0.0427. The van der Waals surface area contributed by atoms with Gasteiger partial charge in [0.2, 0.25) is 6.10 Å². The fourth-order valence-corrected chi connectivity index (χ4v) is 2.68. The summed E-state index contributed by atoms with van der Waals surface area (Å²) in [5.74, 6) is 0.0299. The van der Waals surface area contributed by atoms with Crippen LogP contribution in [0.5, 0.6) is 11.5 Å². The molecule has 2 aromatic carbocycles. The van der Waals surface area contributed by atoms with Crippen LogP contribution >= 0.6 is 0 Å². The second-order valence-electron chi connectivity index (χ2n) is 6.20. The molecule has 6 nitrogen and oxygen atoms in total. The Bertz CT molecular complexity index is 812. The van der Waals surface area contributed by atoms with E-state index in [1.807, 2.05) is 38.1 Å². The molecule has 0 aromatic heterocycles. The first kappa shape index (κ1) is 17.8. The monoisotopic (exact) mass is 355 g/mol. The lowest BCUT2D eigenvalue weighted by Gasteiger charge is -2.26. The van der Waals surface area contributed by atoms with Gasteiger partial charge >= 0.3 is 5.97 Å². The molecule has 1 N–H and O–H groups in total. The van der Waals surface area contributed by atoms with E-state index in [0.717, 1.165) is 16.8 Å². The second-order valence-corrected chi connectivity index (χ2v) is 6.20. The Morgan fingerprint density at radius 1 is 1.08 bits per heavy atom. The molecule has 0 fully saturated rings. The quantitative estimate of drug-likeness (QED) is 0.854. The summed E-state index contributed by atoms with van der Waals surface area (Å²) in [5, 5.41) is 2.81. The Balaban J connectivity index is 1.60. The second kappa shape index (κ2) is 7.47. The number of rotatable bonds is 4. The van der Waals surface area contributed by atoms with Crippen LogP contribution in [-0.4, -0.2) is 30.7 Å². The largest absolute Gasteiger partial charge is 0.485 e. The number of carbonyl (C=O) groups excluding carboxylic acids is 2. The van der Waals surface area contributed by atoms with Gasteiger partial charge in [-0.3, -0.25) is 4.79 Å². The Kier molecular flexibility index (Phi) is 5.11. The molecule has 0 spiro atoms. The number of anilines is 1. The van der Waals surface area contributed by atoms with Crippen molar-refractivity contribution in [2.24, 2.45) is 0 Å². The van der Waals surface area contributed by atoms with E-state index in [4.69, 9.17) is 14.2 Å². The summed E-state index contributed by atoms with van der Waals surface area (Å²) in [7, 11) is 0. The number of hydrogen-bond donors (Lipinski definition) is 1.